The zero-order valence-electron chi connectivity index (χ0n) is 12.7. The van der Waals surface area contributed by atoms with Crippen molar-refractivity contribution in [2.75, 3.05) is 32.8 Å². The summed E-state index contributed by atoms with van der Waals surface area (Å²) in [7, 11) is 0. The predicted molar refractivity (Wildman–Crippen MR) is 84.5 cm³/mol. The first-order valence-electron chi connectivity index (χ1n) is 8.01. The standard InChI is InChI=1S/C17H26N2O2/c20-17(18-11-7-14-19-12-4-5-13-19)10-6-15-21-16-8-2-1-3-9-16/h1-3,8-9H,4-7,10-15H2,(H,18,20). The van der Waals surface area contributed by atoms with E-state index in [0.717, 1.165) is 31.7 Å². The molecule has 4 nitrogen and oxygen atoms in total. The van der Waals surface area contributed by atoms with Crippen molar-refractivity contribution in [1.29, 1.82) is 0 Å². The van der Waals surface area contributed by atoms with Crippen LogP contribution in [-0.2, 0) is 4.79 Å². The maximum atomic E-state index is 11.7. The summed E-state index contributed by atoms with van der Waals surface area (Å²) in [5, 5.41) is 2.98. The van der Waals surface area contributed by atoms with Crippen LogP contribution in [0, 0.1) is 0 Å². The lowest BCUT2D eigenvalue weighted by Gasteiger charge is -2.14. The van der Waals surface area contributed by atoms with E-state index in [4.69, 9.17) is 4.74 Å². The first-order chi connectivity index (χ1) is 10.3. The summed E-state index contributed by atoms with van der Waals surface area (Å²) in [4.78, 5) is 14.1. The number of carbonyl (C=O) groups is 1. The molecular weight excluding hydrogens is 264 g/mol. The van der Waals surface area contributed by atoms with E-state index in [1.165, 1.54) is 25.9 Å². The lowest BCUT2D eigenvalue weighted by Crippen LogP contribution is -2.28. The molecule has 0 aromatic heterocycles. The molecule has 1 fully saturated rings. The third kappa shape index (κ3) is 6.63. The molecule has 1 aromatic rings. The molecule has 0 saturated carbocycles. The number of nitrogens with zero attached hydrogens (tertiary/aromatic N) is 1. The van der Waals surface area contributed by atoms with E-state index in [9.17, 15) is 4.79 Å². The third-order valence-electron chi connectivity index (χ3n) is 3.73. The molecule has 1 aliphatic rings. The second-order valence-corrected chi connectivity index (χ2v) is 5.52. The van der Waals surface area contributed by atoms with Gasteiger partial charge in [-0.3, -0.25) is 4.79 Å². The fraction of sp³-hybridized carbons (Fsp3) is 0.588. The lowest BCUT2D eigenvalue weighted by atomic mass is 10.3. The minimum Gasteiger partial charge on any atom is -0.494 e. The number of rotatable bonds is 9. The van der Waals surface area contributed by atoms with Gasteiger partial charge in [-0.25, -0.2) is 0 Å². The van der Waals surface area contributed by atoms with E-state index in [1.54, 1.807) is 0 Å². The lowest BCUT2D eigenvalue weighted by molar-refractivity contribution is -0.121. The van der Waals surface area contributed by atoms with Crippen molar-refractivity contribution in [3.63, 3.8) is 0 Å². The van der Waals surface area contributed by atoms with E-state index in [0.29, 0.717) is 13.0 Å². The van der Waals surface area contributed by atoms with E-state index in [-0.39, 0.29) is 5.91 Å². The molecule has 2 rings (SSSR count). The Hall–Kier alpha value is -1.55. The summed E-state index contributed by atoms with van der Waals surface area (Å²) in [6.07, 6.45) is 5.00. The number of amides is 1. The Bertz CT molecular complexity index is 403. The van der Waals surface area contributed by atoms with Crippen molar-refractivity contribution in [2.45, 2.75) is 32.1 Å². The molecular formula is C17H26N2O2. The Balaban J connectivity index is 1.44. The normalized spacial score (nSPS) is 15.0. The summed E-state index contributed by atoms with van der Waals surface area (Å²) in [6, 6.07) is 9.71. The zero-order valence-corrected chi connectivity index (χ0v) is 12.7. The smallest absolute Gasteiger partial charge is 0.220 e. The van der Waals surface area contributed by atoms with Gasteiger partial charge in [-0.1, -0.05) is 18.2 Å². The van der Waals surface area contributed by atoms with Crippen molar-refractivity contribution in [3.05, 3.63) is 30.3 Å². The molecule has 0 unspecified atom stereocenters. The second-order valence-electron chi connectivity index (χ2n) is 5.52. The molecule has 0 spiro atoms. The molecule has 1 aliphatic heterocycles. The number of likely N-dealkylation sites (tertiary alicyclic amines) is 1. The van der Waals surface area contributed by atoms with Gasteiger partial charge in [0.1, 0.15) is 5.75 Å². The van der Waals surface area contributed by atoms with E-state index in [1.807, 2.05) is 30.3 Å². The fourth-order valence-corrected chi connectivity index (χ4v) is 2.56. The molecule has 21 heavy (non-hydrogen) atoms. The average molecular weight is 290 g/mol. The van der Waals surface area contributed by atoms with E-state index >= 15 is 0 Å². The van der Waals surface area contributed by atoms with Crippen LogP contribution >= 0.6 is 0 Å². The SMILES string of the molecule is O=C(CCCOc1ccccc1)NCCCN1CCCC1. The summed E-state index contributed by atoms with van der Waals surface area (Å²) < 4.78 is 5.56. The Morgan fingerprint density at radius 1 is 1.14 bits per heavy atom. The van der Waals surface area contributed by atoms with Gasteiger partial charge in [0.05, 0.1) is 6.61 Å². The number of hydrogen-bond donors (Lipinski definition) is 1. The number of para-hydroxylation sites is 1. The summed E-state index contributed by atoms with van der Waals surface area (Å²) in [5.41, 5.74) is 0. The number of hydrogen-bond acceptors (Lipinski definition) is 3. The highest BCUT2D eigenvalue weighted by atomic mass is 16.5. The average Bonchev–Trinajstić information content (AvgIpc) is 3.02. The Morgan fingerprint density at radius 3 is 2.67 bits per heavy atom. The molecule has 4 heteroatoms. The number of carbonyl (C=O) groups excluding carboxylic acids is 1. The summed E-state index contributed by atoms with van der Waals surface area (Å²) in [5.74, 6) is 0.997. The van der Waals surface area contributed by atoms with Crippen LogP contribution in [0.4, 0.5) is 0 Å². The van der Waals surface area contributed by atoms with Gasteiger partial charge in [0, 0.05) is 13.0 Å². The molecule has 1 aromatic carbocycles. The Morgan fingerprint density at radius 2 is 1.90 bits per heavy atom. The Labute approximate surface area is 127 Å². The minimum absolute atomic E-state index is 0.132. The van der Waals surface area contributed by atoms with Gasteiger partial charge in [0.15, 0.2) is 0 Å². The van der Waals surface area contributed by atoms with Gasteiger partial charge in [-0.05, 0) is 57.5 Å². The van der Waals surface area contributed by atoms with Gasteiger partial charge in [-0.15, -0.1) is 0 Å². The van der Waals surface area contributed by atoms with Crippen LogP contribution in [-0.4, -0.2) is 43.6 Å². The number of benzene rings is 1. The molecule has 116 valence electrons. The molecule has 0 bridgehead atoms. The van der Waals surface area contributed by atoms with Crippen LogP contribution in [0.25, 0.3) is 0 Å². The van der Waals surface area contributed by atoms with Crippen LogP contribution in [0.1, 0.15) is 32.1 Å². The third-order valence-corrected chi connectivity index (χ3v) is 3.73. The van der Waals surface area contributed by atoms with Crippen molar-refractivity contribution in [2.24, 2.45) is 0 Å². The predicted octanol–water partition coefficient (Wildman–Crippen LogP) is 2.45. The molecule has 1 heterocycles. The van der Waals surface area contributed by atoms with Crippen molar-refractivity contribution in [1.82, 2.24) is 10.2 Å². The van der Waals surface area contributed by atoms with Crippen LogP contribution in [0.15, 0.2) is 30.3 Å². The molecule has 1 N–H and O–H groups in total. The molecule has 0 radical (unpaired) electrons. The zero-order chi connectivity index (χ0) is 14.8. The Kier molecular flexibility index (Phi) is 7.08. The first kappa shape index (κ1) is 15.8. The van der Waals surface area contributed by atoms with Gasteiger partial charge < -0.3 is 15.0 Å². The molecule has 1 saturated heterocycles. The molecule has 0 atom stereocenters. The van der Waals surface area contributed by atoms with E-state index in [2.05, 4.69) is 10.2 Å². The number of nitrogens with one attached hydrogen (secondary N) is 1. The fourth-order valence-electron chi connectivity index (χ4n) is 2.56. The second kappa shape index (κ2) is 9.40. The van der Waals surface area contributed by atoms with Gasteiger partial charge in [0.2, 0.25) is 5.91 Å². The maximum Gasteiger partial charge on any atom is 0.220 e. The monoisotopic (exact) mass is 290 g/mol. The van der Waals surface area contributed by atoms with E-state index < -0.39 is 0 Å². The van der Waals surface area contributed by atoms with Crippen LogP contribution in [0.3, 0.4) is 0 Å². The first-order valence-corrected chi connectivity index (χ1v) is 8.01. The molecule has 0 aliphatic carbocycles. The van der Waals surface area contributed by atoms with Gasteiger partial charge in [0.25, 0.3) is 0 Å². The van der Waals surface area contributed by atoms with Crippen LogP contribution < -0.4 is 10.1 Å². The van der Waals surface area contributed by atoms with Crippen molar-refractivity contribution in [3.8, 4) is 5.75 Å². The van der Waals surface area contributed by atoms with Crippen LogP contribution in [0.2, 0.25) is 0 Å². The number of ether oxygens (including phenoxy) is 1. The highest BCUT2D eigenvalue weighted by Crippen LogP contribution is 2.09. The highest BCUT2D eigenvalue weighted by Gasteiger charge is 2.10. The topological polar surface area (TPSA) is 41.6 Å². The quantitative estimate of drug-likeness (QED) is 0.710. The largest absolute Gasteiger partial charge is 0.494 e. The molecule has 1 amide bonds. The van der Waals surface area contributed by atoms with Crippen LogP contribution in [0.5, 0.6) is 5.75 Å². The minimum atomic E-state index is 0.132. The van der Waals surface area contributed by atoms with Gasteiger partial charge >= 0.3 is 0 Å². The van der Waals surface area contributed by atoms with Crippen molar-refractivity contribution < 1.29 is 9.53 Å². The highest BCUT2D eigenvalue weighted by molar-refractivity contribution is 5.75. The summed E-state index contributed by atoms with van der Waals surface area (Å²) in [6.45, 7) is 4.94. The maximum absolute atomic E-state index is 11.7. The van der Waals surface area contributed by atoms with Crippen molar-refractivity contribution >= 4 is 5.91 Å². The summed E-state index contributed by atoms with van der Waals surface area (Å²) >= 11 is 0. The van der Waals surface area contributed by atoms with Gasteiger partial charge in [-0.2, -0.15) is 0 Å².